The summed E-state index contributed by atoms with van der Waals surface area (Å²) in [6, 6.07) is -0.153. The van der Waals surface area contributed by atoms with Crippen molar-refractivity contribution in [3.05, 3.63) is 0 Å². The van der Waals surface area contributed by atoms with Gasteiger partial charge in [0, 0.05) is 13.5 Å². The van der Waals surface area contributed by atoms with E-state index in [0.717, 1.165) is 44.9 Å². The molecule has 0 aliphatic carbocycles. The number of esters is 3. The summed E-state index contributed by atoms with van der Waals surface area (Å²) in [6.07, 6.45) is 13.8. The highest BCUT2D eigenvalue weighted by Crippen LogP contribution is 2.23. The zero-order chi connectivity index (χ0) is 30.9. The Bertz CT molecular complexity index is 684. The molecule has 1 rings (SSSR count). The van der Waals surface area contributed by atoms with Crippen molar-refractivity contribution >= 4 is 23.8 Å². The molecule has 240 valence electrons. The third kappa shape index (κ3) is 20.4. The number of carbonyl (C=O) groups is 4. The van der Waals surface area contributed by atoms with Crippen molar-refractivity contribution in [3.63, 3.8) is 0 Å². The fraction of sp³-hybridized carbons (Fsp3) is 0.875. The first-order valence-electron chi connectivity index (χ1n) is 16.2. The fourth-order valence-corrected chi connectivity index (χ4v) is 4.87. The van der Waals surface area contributed by atoms with Gasteiger partial charge in [0.05, 0.1) is 38.9 Å². The number of rotatable bonds is 22. The molecule has 1 heterocycles. The summed E-state index contributed by atoms with van der Waals surface area (Å²) in [4.78, 5) is 52.6. The minimum atomic E-state index is -0.550. The van der Waals surface area contributed by atoms with E-state index in [0.29, 0.717) is 25.7 Å². The summed E-state index contributed by atoms with van der Waals surface area (Å²) in [5.41, 5.74) is 0. The van der Waals surface area contributed by atoms with Crippen molar-refractivity contribution in [3.8, 4) is 0 Å². The molecule has 0 bridgehead atoms. The van der Waals surface area contributed by atoms with Gasteiger partial charge in [-0.15, -0.1) is 0 Å². The van der Waals surface area contributed by atoms with E-state index >= 15 is 0 Å². The maximum absolute atomic E-state index is 12.6. The Kier molecular flexibility index (Phi) is 24.2. The van der Waals surface area contributed by atoms with Crippen LogP contribution in [-0.4, -0.2) is 85.7 Å². The van der Waals surface area contributed by atoms with Crippen molar-refractivity contribution in [1.29, 1.82) is 0 Å². The van der Waals surface area contributed by atoms with Crippen LogP contribution in [0.2, 0.25) is 0 Å². The smallest absolute Gasteiger partial charge is 0.320 e. The number of unbranched alkanes of at least 4 members (excludes halogenated alkanes) is 10. The lowest BCUT2D eigenvalue weighted by Gasteiger charge is -2.24. The van der Waals surface area contributed by atoms with Crippen LogP contribution >= 0.6 is 0 Å². The number of likely N-dealkylation sites (tertiary alicyclic amines) is 1. The normalized spacial score (nSPS) is 16.2. The molecule has 1 saturated heterocycles. The van der Waals surface area contributed by atoms with Gasteiger partial charge in [-0.05, 0) is 25.2 Å². The summed E-state index contributed by atoms with van der Waals surface area (Å²) >= 11 is 0. The minimum Gasteiger partial charge on any atom is -0.465 e. The van der Waals surface area contributed by atoms with Gasteiger partial charge in [-0.1, -0.05) is 98.8 Å². The SMILES string of the molecule is CC.CCCCCCCCOC(=O)CN(CC(=O)OCCCCCCCC)CC(=O)OCC1CC(C)CN1C(C)=O. The topological polar surface area (TPSA) is 102 Å². The van der Waals surface area contributed by atoms with Gasteiger partial charge < -0.3 is 19.1 Å². The van der Waals surface area contributed by atoms with E-state index in [-0.39, 0.29) is 38.2 Å². The Hall–Kier alpha value is -2.16. The molecule has 0 aromatic rings. The lowest BCUT2D eigenvalue weighted by molar-refractivity contribution is -0.153. The molecule has 2 unspecified atom stereocenters. The van der Waals surface area contributed by atoms with Crippen LogP contribution in [-0.2, 0) is 33.4 Å². The minimum absolute atomic E-state index is 0.0387. The second-order valence-electron chi connectivity index (χ2n) is 11.0. The van der Waals surface area contributed by atoms with E-state index in [4.69, 9.17) is 14.2 Å². The van der Waals surface area contributed by atoms with Gasteiger partial charge in [0.15, 0.2) is 0 Å². The first kappa shape index (κ1) is 38.8. The van der Waals surface area contributed by atoms with E-state index in [1.807, 2.05) is 13.8 Å². The van der Waals surface area contributed by atoms with Gasteiger partial charge in [0.2, 0.25) is 5.91 Å². The molecule has 9 nitrogen and oxygen atoms in total. The molecule has 2 atom stereocenters. The van der Waals surface area contributed by atoms with E-state index < -0.39 is 17.9 Å². The molecule has 1 aliphatic heterocycles. The summed E-state index contributed by atoms with van der Waals surface area (Å²) in [6.45, 7) is 12.7. The molecule has 1 aliphatic rings. The molecule has 0 aromatic carbocycles. The number of carbonyl (C=O) groups excluding carboxylic acids is 4. The molecule has 41 heavy (non-hydrogen) atoms. The quantitative estimate of drug-likeness (QED) is 0.0878. The number of hydrogen-bond acceptors (Lipinski definition) is 8. The predicted molar refractivity (Wildman–Crippen MR) is 162 cm³/mol. The summed E-state index contributed by atoms with van der Waals surface area (Å²) in [7, 11) is 0. The van der Waals surface area contributed by atoms with Crippen molar-refractivity contribution < 1.29 is 33.4 Å². The molecular formula is C32H60N2O7. The van der Waals surface area contributed by atoms with Crippen molar-refractivity contribution in [2.24, 2.45) is 5.92 Å². The molecule has 0 N–H and O–H groups in total. The largest absolute Gasteiger partial charge is 0.465 e. The Morgan fingerprint density at radius 2 is 1.10 bits per heavy atom. The average Bonchev–Trinajstić information content (AvgIpc) is 3.32. The highest BCUT2D eigenvalue weighted by atomic mass is 16.5. The van der Waals surface area contributed by atoms with Crippen molar-refractivity contribution in [2.45, 2.75) is 131 Å². The van der Waals surface area contributed by atoms with Gasteiger partial charge in [-0.3, -0.25) is 24.1 Å². The van der Waals surface area contributed by atoms with Gasteiger partial charge in [0.1, 0.15) is 6.61 Å². The van der Waals surface area contributed by atoms with Crippen LogP contribution in [0, 0.1) is 5.92 Å². The lowest BCUT2D eigenvalue weighted by atomic mass is 10.1. The van der Waals surface area contributed by atoms with Crippen molar-refractivity contribution in [1.82, 2.24) is 9.80 Å². The second-order valence-corrected chi connectivity index (χ2v) is 11.0. The molecule has 9 heteroatoms. The second kappa shape index (κ2) is 25.5. The summed E-state index contributed by atoms with van der Waals surface area (Å²) in [5, 5.41) is 0. The van der Waals surface area contributed by atoms with Crippen LogP contribution in [0.5, 0.6) is 0 Å². The van der Waals surface area contributed by atoms with Crippen LogP contribution < -0.4 is 0 Å². The van der Waals surface area contributed by atoms with Gasteiger partial charge in [-0.2, -0.15) is 0 Å². The molecule has 1 fully saturated rings. The number of amides is 1. The molecule has 0 saturated carbocycles. The molecule has 0 spiro atoms. The first-order chi connectivity index (χ1) is 19.8. The third-order valence-corrected chi connectivity index (χ3v) is 7.04. The van der Waals surface area contributed by atoms with Crippen molar-refractivity contribution in [2.75, 3.05) is 46.0 Å². The van der Waals surface area contributed by atoms with Crippen LogP contribution in [0.4, 0.5) is 0 Å². The third-order valence-electron chi connectivity index (χ3n) is 7.04. The van der Waals surface area contributed by atoms with Crippen LogP contribution in [0.1, 0.15) is 125 Å². The molecular weight excluding hydrogens is 524 g/mol. The zero-order valence-corrected chi connectivity index (χ0v) is 27.0. The zero-order valence-electron chi connectivity index (χ0n) is 27.0. The maximum Gasteiger partial charge on any atom is 0.320 e. The molecule has 0 radical (unpaired) electrons. The van der Waals surface area contributed by atoms with Crippen LogP contribution in [0.25, 0.3) is 0 Å². The monoisotopic (exact) mass is 584 g/mol. The fourth-order valence-electron chi connectivity index (χ4n) is 4.87. The first-order valence-corrected chi connectivity index (χ1v) is 16.2. The number of nitrogens with zero attached hydrogens (tertiary/aromatic N) is 2. The molecule has 1 amide bonds. The summed E-state index contributed by atoms with van der Waals surface area (Å²) in [5.74, 6) is -1.20. The van der Waals surface area contributed by atoms with E-state index in [9.17, 15) is 19.2 Å². The van der Waals surface area contributed by atoms with E-state index in [1.54, 1.807) is 4.90 Å². The Morgan fingerprint density at radius 3 is 1.54 bits per heavy atom. The van der Waals surface area contributed by atoms with Gasteiger partial charge in [-0.25, -0.2) is 0 Å². The number of ether oxygens (including phenoxy) is 3. The van der Waals surface area contributed by atoms with E-state index in [1.165, 1.54) is 50.3 Å². The standard InChI is InChI=1S/C30H54N2O7.C2H6/c1-5-7-9-11-13-15-17-37-28(34)21-31(22-29(35)38-18-16-14-12-10-8-6-2)23-30(36)39-24-27-19-25(3)20-32(27)26(4)33;1-2/h25,27H,5-24H2,1-4H3;1-2H3. The lowest BCUT2D eigenvalue weighted by Crippen LogP contribution is -2.42. The average molecular weight is 585 g/mol. The maximum atomic E-state index is 12.6. The van der Waals surface area contributed by atoms with Gasteiger partial charge in [0.25, 0.3) is 0 Å². The Balaban J connectivity index is 0.00000781. The van der Waals surface area contributed by atoms with Crippen LogP contribution in [0.3, 0.4) is 0 Å². The highest BCUT2D eigenvalue weighted by molar-refractivity contribution is 5.78. The van der Waals surface area contributed by atoms with Crippen LogP contribution in [0.15, 0.2) is 0 Å². The highest BCUT2D eigenvalue weighted by Gasteiger charge is 2.32. The van der Waals surface area contributed by atoms with E-state index in [2.05, 4.69) is 20.8 Å². The summed E-state index contributed by atoms with van der Waals surface area (Å²) < 4.78 is 16.2. The Morgan fingerprint density at radius 1 is 0.683 bits per heavy atom. The number of hydrogen-bond donors (Lipinski definition) is 0. The Labute approximate surface area is 250 Å². The van der Waals surface area contributed by atoms with Gasteiger partial charge >= 0.3 is 17.9 Å². The predicted octanol–water partition coefficient (Wildman–Crippen LogP) is 5.92. The molecule has 0 aromatic heterocycles.